The molecule has 0 bridgehead atoms. The van der Waals surface area contributed by atoms with E-state index in [1.54, 1.807) is 0 Å². The lowest BCUT2D eigenvalue weighted by molar-refractivity contribution is 0.0927. The van der Waals surface area contributed by atoms with Crippen LogP contribution in [0.25, 0.3) is 11.3 Å². The quantitative estimate of drug-likeness (QED) is 0.735. The molecule has 0 saturated heterocycles. The first-order chi connectivity index (χ1) is 13.1. The van der Waals surface area contributed by atoms with Gasteiger partial charge in [-0.1, -0.05) is 47.1 Å². The zero-order valence-electron chi connectivity index (χ0n) is 15.5. The van der Waals surface area contributed by atoms with Crippen LogP contribution in [0.2, 0.25) is 0 Å². The number of nitrogens with zero attached hydrogens (tertiary/aromatic N) is 1. The Labute approximate surface area is 158 Å². The van der Waals surface area contributed by atoms with Gasteiger partial charge in [0.15, 0.2) is 11.5 Å². The van der Waals surface area contributed by atoms with Crippen LogP contribution in [0.3, 0.4) is 0 Å². The molecule has 1 aliphatic heterocycles. The number of hydrogen-bond acceptors (Lipinski definition) is 4. The largest absolute Gasteiger partial charge is 0.488 e. The molecule has 0 unspecified atom stereocenters. The molecular weight excluding hydrogens is 340 g/mol. The molecule has 3 aromatic rings. The van der Waals surface area contributed by atoms with Gasteiger partial charge in [0.05, 0.1) is 11.1 Å². The van der Waals surface area contributed by atoms with E-state index in [9.17, 15) is 4.79 Å². The highest BCUT2D eigenvalue weighted by Crippen LogP contribution is 2.39. The van der Waals surface area contributed by atoms with Crippen LogP contribution in [0.15, 0.2) is 53.1 Å². The molecule has 138 valence electrons. The second-order valence-electron chi connectivity index (χ2n) is 7.03. The fourth-order valence-electron chi connectivity index (χ4n) is 3.32. The highest BCUT2D eigenvalue weighted by atomic mass is 16.5. The summed E-state index contributed by atoms with van der Waals surface area (Å²) in [7, 11) is 0. The maximum Gasteiger partial charge on any atom is 0.274 e. The summed E-state index contributed by atoms with van der Waals surface area (Å²) in [6, 6.07) is 16.2. The van der Waals surface area contributed by atoms with Crippen molar-refractivity contribution in [3.63, 3.8) is 0 Å². The molecule has 1 aliphatic rings. The number of ether oxygens (including phenoxy) is 1. The molecule has 27 heavy (non-hydrogen) atoms. The average molecular weight is 362 g/mol. The van der Waals surface area contributed by atoms with Gasteiger partial charge in [-0.05, 0) is 44.4 Å². The smallest absolute Gasteiger partial charge is 0.274 e. The molecule has 0 fully saturated rings. The minimum absolute atomic E-state index is 0.0316. The summed E-state index contributed by atoms with van der Waals surface area (Å²) in [5.74, 6) is 1.16. The number of rotatable bonds is 5. The van der Waals surface area contributed by atoms with E-state index < -0.39 is 0 Å². The van der Waals surface area contributed by atoms with E-state index in [2.05, 4.69) is 22.6 Å². The van der Waals surface area contributed by atoms with Crippen molar-refractivity contribution < 1.29 is 14.1 Å². The van der Waals surface area contributed by atoms with Gasteiger partial charge in [0.1, 0.15) is 12.4 Å². The Hall–Kier alpha value is -3.08. The third kappa shape index (κ3) is 3.58. The molecule has 0 saturated carbocycles. The number of aryl methyl sites for hydroxylation is 2. The van der Waals surface area contributed by atoms with E-state index in [1.807, 2.05) is 50.2 Å². The molecule has 5 nitrogen and oxygen atoms in total. The molecule has 0 spiro atoms. The Morgan fingerprint density at radius 3 is 2.85 bits per heavy atom. The van der Waals surface area contributed by atoms with Crippen molar-refractivity contribution >= 4 is 5.91 Å². The lowest BCUT2D eigenvalue weighted by Gasteiger charge is -2.17. The Balaban J connectivity index is 1.46. The average Bonchev–Trinajstić information content (AvgIpc) is 3.12. The van der Waals surface area contributed by atoms with Gasteiger partial charge in [-0.2, -0.15) is 0 Å². The van der Waals surface area contributed by atoms with E-state index in [4.69, 9.17) is 9.26 Å². The summed E-state index contributed by atoms with van der Waals surface area (Å²) in [4.78, 5) is 12.7. The lowest BCUT2D eigenvalue weighted by atomic mass is 10.0. The zero-order chi connectivity index (χ0) is 18.8. The standard InChI is InChI=1S/C22H22N2O3/c1-14-8-11-19-17(12-14)21-18(13-26-19)20(24-27-21)22(25)23-15(2)9-10-16-6-4-3-5-7-16/h3-8,11-12,15H,9-10,13H2,1-2H3,(H,23,25)/t15-/m0/s1. The lowest BCUT2D eigenvalue weighted by Crippen LogP contribution is -2.33. The maximum atomic E-state index is 12.7. The molecule has 4 rings (SSSR count). The minimum Gasteiger partial charge on any atom is -0.488 e. The Kier molecular flexibility index (Phi) is 4.67. The van der Waals surface area contributed by atoms with E-state index >= 15 is 0 Å². The van der Waals surface area contributed by atoms with E-state index in [0.717, 1.165) is 29.7 Å². The van der Waals surface area contributed by atoms with E-state index in [0.29, 0.717) is 17.0 Å². The number of carbonyl (C=O) groups is 1. The normalized spacial score (nSPS) is 13.3. The third-order valence-electron chi connectivity index (χ3n) is 4.84. The van der Waals surface area contributed by atoms with Crippen LogP contribution in [0.5, 0.6) is 5.75 Å². The first-order valence-corrected chi connectivity index (χ1v) is 9.19. The van der Waals surface area contributed by atoms with Gasteiger partial charge in [-0.3, -0.25) is 4.79 Å². The molecule has 1 amide bonds. The van der Waals surface area contributed by atoms with Gasteiger partial charge >= 0.3 is 0 Å². The second-order valence-corrected chi connectivity index (χ2v) is 7.03. The molecule has 2 heterocycles. The fraction of sp³-hybridized carbons (Fsp3) is 0.273. The van der Waals surface area contributed by atoms with Crippen LogP contribution in [0, 0.1) is 6.92 Å². The molecule has 1 N–H and O–H groups in total. The van der Waals surface area contributed by atoms with Crippen molar-refractivity contribution in [3.8, 4) is 17.1 Å². The van der Waals surface area contributed by atoms with Crippen LogP contribution >= 0.6 is 0 Å². The summed E-state index contributed by atoms with van der Waals surface area (Å²) >= 11 is 0. The van der Waals surface area contributed by atoms with Crippen LogP contribution in [0.1, 0.15) is 40.5 Å². The number of aromatic nitrogens is 1. The number of carbonyl (C=O) groups excluding carboxylic acids is 1. The van der Waals surface area contributed by atoms with Crippen molar-refractivity contribution in [2.45, 2.75) is 39.3 Å². The van der Waals surface area contributed by atoms with Gasteiger partial charge in [-0.25, -0.2) is 0 Å². The van der Waals surface area contributed by atoms with Crippen molar-refractivity contribution in [1.29, 1.82) is 0 Å². The summed E-state index contributed by atoms with van der Waals surface area (Å²) in [5.41, 5.74) is 4.23. The highest BCUT2D eigenvalue weighted by Gasteiger charge is 2.29. The number of nitrogens with one attached hydrogen (secondary N) is 1. The number of amides is 1. The Morgan fingerprint density at radius 2 is 2.04 bits per heavy atom. The van der Waals surface area contributed by atoms with Gasteiger partial charge < -0.3 is 14.6 Å². The monoisotopic (exact) mass is 362 g/mol. The SMILES string of the molecule is Cc1ccc2c(c1)-c1onc(C(=O)N[C@@H](C)CCc3ccccc3)c1CO2. The van der Waals surface area contributed by atoms with Gasteiger partial charge in [0, 0.05) is 6.04 Å². The Morgan fingerprint density at radius 1 is 1.22 bits per heavy atom. The number of hydrogen-bond donors (Lipinski definition) is 1. The summed E-state index contributed by atoms with van der Waals surface area (Å²) in [5, 5.41) is 7.05. The topological polar surface area (TPSA) is 64.4 Å². The first-order valence-electron chi connectivity index (χ1n) is 9.19. The van der Waals surface area contributed by atoms with Crippen LogP contribution in [-0.4, -0.2) is 17.1 Å². The summed E-state index contributed by atoms with van der Waals surface area (Å²) in [6.07, 6.45) is 1.77. The van der Waals surface area contributed by atoms with Crippen LogP contribution < -0.4 is 10.1 Å². The van der Waals surface area contributed by atoms with Crippen molar-refractivity contribution in [3.05, 3.63) is 70.9 Å². The van der Waals surface area contributed by atoms with Crippen molar-refractivity contribution in [2.24, 2.45) is 0 Å². The van der Waals surface area contributed by atoms with Gasteiger partial charge in [0.2, 0.25) is 0 Å². The summed E-state index contributed by atoms with van der Waals surface area (Å²) in [6.45, 7) is 4.30. The minimum atomic E-state index is -0.222. The van der Waals surface area contributed by atoms with Crippen molar-refractivity contribution in [1.82, 2.24) is 10.5 Å². The number of benzene rings is 2. The maximum absolute atomic E-state index is 12.7. The summed E-state index contributed by atoms with van der Waals surface area (Å²) < 4.78 is 11.3. The molecule has 2 aromatic carbocycles. The second kappa shape index (κ2) is 7.27. The number of fused-ring (bicyclic) bond motifs is 3. The molecule has 1 atom stereocenters. The predicted molar refractivity (Wildman–Crippen MR) is 103 cm³/mol. The van der Waals surface area contributed by atoms with Gasteiger partial charge in [0.25, 0.3) is 5.91 Å². The zero-order valence-corrected chi connectivity index (χ0v) is 15.5. The molecular formula is C22H22N2O3. The Bertz CT molecular complexity index is 963. The van der Waals surface area contributed by atoms with Crippen LogP contribution in [-0.2, 0) is 13.0 Å². The molecule has 0 aliphatic carbocycles. The fourth-order valence-corrected chi connectivity index (χ4v) is 3.32. The predicted octanol–water partition coefficient (Wildman–Crippen LogP) is 4.29. The van der Waals surface area contributed by atoms with E-state index in [1.165, 1.54) is 5.56 Å². The van der Waals surface area contributed by atoms with Crippen LogP contribution in [0.4, 0.5) is 0 Å². The van der Waals surface area contributed by atoms with E-state index in [-0.39, 0.29) is 18.6 Å². The molecule has 5 heteroatoms. The highest BCUT2D eigenvalue weighted by molar-refractivity contribution is 5.95. The van der Waals surface area contributed by atoms with Crippen molar-refractivity contribution in [2.75, 3.05) is 0 Å². The van der Waals surface area contributed by atoms with Gasteiger partial charge in [-0.15, -0.1) is 0 Å². The molecule has 1 aromatic heterocycles. The third-order valence-corrected chi connectivity index (χ3v) is 4.84. The molecule has 0 radical (unpaired) electrons. The first kappa shape index (κ1) is 17.3.